The summed E-state index contributed by atoms with van der Waals surface area (Å²) in [6, 6.07) is 4.29. The molecule has 0 aromatic heterocycles. The van der Waals surface area contributed by atoms with Crippen molar-refractivity contribution in [3.8, 4) is 0 Å². The van der Waals surface area contributed by atoms with E-state index in [0.29, 0.717) is 11.6 Å². The van der Waals surface area contributed by atoms with Crippen LogP contribution in [0.4, 0.5) is 8.78 Å². The predicted octanol–water partition coefficient (Wildman–Crippen LogP) is 4.58. The standard InChI is InChI=1S/C17H23F2N/c1-11(16-8-7-14(18)10-17(16)19)20-15-4-2-3-13(9-15)12-5-6-12/h7-8,10-13,15,20H,2-6,9H2,1H3. The molecule has 0 bridgehead atoms. The minimum absolute atomic E-state index is 0.0569. The van der Waals surface area contributed by atoms with Crippen LogP contribution in [0.25, 0.3) is 0 Å². The number of rotatable bonds is 4. The van der Waals surface area contributed by atoms with Crippen LogP contribution >= 0.6 is 0 Å². The van der Waals surface area contributed by atoms with E-state index in [9.17, 15) is 8.78 Å². The number of nitrogens with one attached hydrogen (secondary N) is 1. The van der Waals surface area contributed by atoms with Crippen molar-refractivity contribution in [1.82, 2.24) is 5.32 Å². The van der Waals surface area contributed by atoms with Crippen molar-refractivity contribution in [2.75, 3.05) is 0 Å². The highest BCUT2D eigenvalue weighted by Gasteiger charge is 2.35. The fourth-order valence-electron chi connectivity index (χ4n) is 3.67. The Morgan fingerprint density at radius 2 is 1.90 bits per heavy atom. The van der Waals surface area contributed by atoms with Gasteiger partial charge >= 0.3 is 0 Å². The SMILES string of the molecule is CC(NC1CCCC(C2CC2)C1)c1ccc(F)cc1F. The molecule has 0 spiro atoms. The lowest BCUT2D eigenvalue weighted by Crippen LogP contribution is -2.36. The Kier molecular flexibility index (Phi) is 4.06. The Balaban J connectivity index is 1.61. The average Bonchev–Trinajstić information content (AvgIpc) is 3.23. The van der Waals surface area contributed by atoms with Gasteiger partial charge < -0.3 is 5.32 Å². The van der Waals surface area contributed by atoms with Crippen molar-refractivity contribution in [1.29, 1.82) is 0 Å². The van der Waals surface area contributed by atoms with Crippen molar-refractivity contribution in [3.63, 3.8) is 0 Å². The highest BCUT2D eigenvalue weighted by Crippen LogP contribution is 2.44. The van der Waals surface area contributed by atoms with Crippen LogP contribution < -0.4 is 5.32 Å². The van der Waals surface area contributed by atoms with E-state index in [2.05, 4.69) is 5.32 Å². The summed E-state index contributed by atoms with van der Waals surface area (Å²) in [6.07, 6.45) is 7.84. The Labute approximate surface area is 119 Å². The molecule has 1 N–H and O–H groups in total. The molecule has 2 fully saturated rings. The van der Waals surface area contributed by atoms with Gasteiger partial charge in [-0.15, -0.1) is 0 Å². The van der Waals surface area contributed by atoms with Gasteiger partial charge in [-0.1, -0.05) is 18.9 Å². The fraction of sp³-hybridized carbons (Fsp3) is 0.647. The molecule has 110 valence electrons. The van der Waals surface area contributed by atoms with Gasteiger partial charge in [-0.3, -0.25) is 0 Å². The third-order valence-electron chi connectivity index (χ3n) is 4.92. The normalized spacial score (nSPS) is 28.4. The minimum Gasteiger partial charge on any atom is -0.307 e. The minimum atomic E-state index is -0.509. The highest BCUT2D eigenvalue weighted by molar-refractivity contribution is 5.21. The third-order valence-corrected chi connectivity index (χ3v) is 4.92. The van der Waals surface area contributed by atoms with E-state index in [1.54, 1.807) is 6.07 Å². The van der Waals surface area contributed by atoms with Crippen LogP contribution in [0.3, 0.4) is 0 Å². The Hall–Kier alpha value is -0.960. The Morgan fingerprint density at radius 1 is 1.10 bits per heavy atom. The van der Waals surface area contributed by atoms with Gasteiger partial charge in [0.05, 0.1) is 0 Å². The zero-order valence-corrected chi connectivity index (χ0v) is 12.0. The van der Waals surface area contributed by atoms with Gasteiger partial charge in [0.25, 0.3) is 0 Å². The summed E-state index contributed by atoms with van der Waals surface area (Å²) >= 11 is 0. The van der Waals surface area contributed by atoms with E-state index < -0.39 is 11.6 Å². The van der Waals surface area contributed by atoms with E-state index >= 15 is 0 Å². The summed E-state index contributed by atoms with van der Waals surface area (Å²) in [7, 11) is 0. The number of halogens is 2. The van der Waals surface area contributed by atoms with Gasteiger partial charge in [-0.05, 0) is 50.5 Å². The molecule has 0 amide bonds. The molecule has 3 unspecified atom stereocenters. The Morgan fingerprint density at radius 3 is 2.60 bits per heavy atom. The molecule has 1 nitrogen and oxygen atoms in total. The molecule has 1 aromatic rings. The number of hydrogen-bond donors (Lipinski definition) is 1. The van der Waals surface area contributed by atoms with Crippen molar-refractivity contribution < 1.29 is 8.78 Å². The summed E-state index contributed by atoms with van der Waals surface area (Å²) in [5, 5.41) is 3.55. The van der Waals surface area contributed by atoms with Crippen LogP contribution in [0, 0.1) is 23.5 Å². The maximum atomic E-state index is 13.8. The molecular formula is C17H23F2N. The van der Waals surface area contributed by atoms with Gasteiger partial charge in [0.1, 0.15) is 11.6 Å². The van der Waals surface area contributed by atoms with Crippen LogP contribution in [0.1, 0.15) is 57.1 Å². The average molecular weight is 279 g/mol. The second-order valence-electron chi connectivity index (χ2n) is 6.52. The quantitative estimate of drug-likeness (QED) is 0.850. The maximum absolute atomic E-state index is 13.8. The molecule has 2 saturated carbocycles. The van der Waals surface area contributed by atoms with Gasteiger partial charge in [0.2, 0.25) is 0 Å². The third kappa shape index (κ3) is 3.20. The second kappa shape index (κ2) is 5.80. The Bertz CT molecular complexity index is 470. The van der Waals surface area contributed by atoms with Crippen LogP contribution in [-0.4, -0.2) is 6.04 Å². The van der Waals surface area contributed by atoms with E-state index in [1.807, 2.05) is 6.92 Å². The van der Waals surface area contributed by atoms with Crippen molar-refractivity contribution >= 4 is 0 Å². The van der Waals surface area contributed by atoms with Gasteiger partial charge in [-0.25, -0.2) is 8.78 Å². The molecule has 0 heterocycles. The van der Waals surface area contributed by atoms with Gasteiger partial charge in [-0.2, -0.15) is 0 Å². The lowest BCUT2D eigenvalue weighted by atomic mass is 9.82. The highest BCUT2D eigenvalue weighted by atomic mass is 19.1. The lowest BCUT2D eigenvalue weighted by molar-refractivity contribution is 0.248. The van der Waals surface area contributed by atoms with E-state index in [0.717, 1.165) is 17.9 Å². The van der Waals surface area contributed by atoms with Crippen LogP contribution in [0.2, 0.25) is 0 Å². The van der Waals surface area contributed by atoms with Gasteiger partial charge in [0, 0.05) is 23.7 Å². The summed E-state index contributed by atoms with van der Waals surface area (Å²) in [6.45, 7) is 1.97. The smallest absolute Gasteiger partial charge is 0.130 e. The van der Waals surface area contributed by atoms with Crippen LogP contribution in [0.5, 0.6) is 0 Å². The van der Waals surface area contributed by atoms with E-state index in [4.69, 9.17) is 0 Å². The first-order valence-electron chi connectivity index (χ1n) is 7.84. The van der Waals surface area contributed by atoms with Crippen LogP contribution in [0.15, 0.2) is 18.2 Å². The lowest BCUT2D eigenvalue weighted by Gasteiger charge is -2.32. The van der Waals surface area contributed by atoms with Gasteiger partial charge in [0.15, 0.2) is 0 Å². The molecule has 0 aliphatic heterocycles. The molecule has 2 aliphatic carbocycles. The van der Waals surface area contributed by atoms with Crippen molar-refractivity contribution in [3.05, 3.63) is 35.4 Å². The first kappa shape index (κ1) is 14.0. The summed E-state index contributed by atoms with van der Waals surface area (Å²) < 4.78 is 26.7. The predicted molar refractivity (Wildman–Crippen MR) is 76.4 cm³/mol. The monoisotopic (exact) mass is 279 g/mol. The molecular weight excluding hydrogens is 256 g/mol. The zero-order chi connectivity index (χ0) is 14.1. The molecule has 0 saturated heterocycles. The first-order valence-corrected chi connectivity index (χ1v) is 7.84. The van der Waals surface area contributed by atoms with Crippen molar-refractivity contribution in [2.45, 2.75) is 57.5 Å². The topological polar surface area (TPSA) is 12.0 Å². The molecule has 3 heteroatoms. The second-order valence-corrected chi connectivity index (χ2v) is 6.52. The zero-order valence-electron chi connectivity index (χ0n) is 12.0. The molecule has 20 heavy (non-hydrogen) atoms. The van der Waals surface area contributed by atoms with E-state index in [1.165, 1.54) is 44.6 Å². The molecule has 3 rings (SSSR count). The molecule has 3 atom stereocenters. The molecule has 2 aliphatic rings. The van der Waals surface area contributed by atoms with Crippen LogP contribution in [-0.2, 0) is 0 Å². The van der Waals surface area contributed by atoms with Crippen molar-refractivity contribution in [2.24, 2.45) is 11.8 Å². The molecule has 1 aromatic carbocycles. The molecule has 0 radical (unpaired) electrons. The van der Waals surface area contributed by atoms with E-state index in [-0.39, 0.29) is 6.04 Å². The first-order chi connectivity index (χ1) is 9.63. The fourth-order valence-corrected chi connectivity index (χ4v) is 3.67. The summed E-state index contributed by atoms with van der Waals surface area (Å²) in [4.78, 5) is 0. The summed E-state index contributed by atoms with van der Waals surface area (Å²) in [5.74, 6) is 0.869. The number of hydrogen-bond acceptors (Lipinski definition) is 1. The largest absolute Gasteiger partial charge is 0.307 e. The summed E-state index contributed by atoms with van der Waals surface area (Å²) in [5.41, 5.74) is 0.569. The number of benzene rings is 1. The maximum Gasteiger partial charge on any atom is 0.130 e.